The number of hydrogen-bond acceptors (Lipinski definition) is 4. The molecule has 0 bridgehead atoms. The van der Waals surface area contributed by atoms with Crippen LogP contribution >= 0.6 is 38.5 Å². The molecule has 2 heterocycles. The van der Waals surface area contributed by atoms with Crippen molar-refractivity contribution in [2.24, 2.45) is 0 Å². The van der Waals surface area contributed by atoms with Crippen molar-refractivity contribution in [1.82, 2.24) is 9.97 Å². The molecule has 2 aromatic rings. The summed E-state index contributed by atoms with van der Waals surface area (Å²) < 4.78 is 6.90. The normalized spacial score (nSPS) is 12.1. The van der Waals surface area contributed by atoms with Crippen LogP contribution in [0.3, 0.4) is 0 Å². The van der Waals surface area contributed by atoms with Gasteiger partial charge in [-0.2, -0.15) is 0 Å². The monoisotopic (exact) mass is 408 g/mol. The molecule has 0 aromatic carbocycles. The first kappa shape index (κ1) is 12.9. The average Bonchev–Trinajstić information content (AvgIpc) is 2.62. The van der Waals surface area contributed by atoms with Crippen molar-refractivity contribution in [3.05, 3.63) is 19.8 Å². The minimum Gasteiger partial charge on any atom is -0.439 e. The van der Waals surface area contributed by atoms with E-state index in [0.29, 0.717) is 30.9 Å². The number of nitrogens with zero attached hydrogens (tertiary/aromatic N) is 2. The van der Waals surface area contributed by atoms with Crippen molar-refractivity contribution < 1.29 is 9.21 Å². The number of halogens is 2. The van der Waals surface area contributed by atoms with Crippen LogP contribution in [0, 0.1) is 3.70 Å². The average molecular weight is 409 g/mol. The van der Waals surface area contributed by atoms with Crippen molar-refractivity contribution >= 4 is 55.9 Å². The fourth-order valence-electron chi connectivity index (χ4n) is 1.36. The van der Waals surface area contributed by atoms with Gasteiger partial charge in [0.25, 0.3) is 0 Å². The third-order valence-corrected chi connectivity index (χ3v) is 3.62. The lowest BCUT2D eigenvalue weighted by molar-refractivity contribution is 0.112. The van der Waals surface area contributed by atoms with Gasteiger partial charge in [-0.3, -0.25) is 4.79 Å². The largest absolute Gasteiger partial charge is 0.439 e. The van der Waals surface area contributed by atoms with Gasteiger partial charge in [0.05, 0.1) is 5.56 Å². The molecule has 0 amide bonds. The summed E-state index contributed by atoms with van der Waals surface area (Å²) in [7, 11) is 0. The van der Waals surface area contributed by atoms with E-state index in [1.54, 1.807) is 0 Å². The minimum absolute atomic E-state index is 0.204. The van der Waals surface area contributed by atoms with Gasteiger partial charge in [-0.1, -0.05) is 20.8 Å². The molecule has 2 aromatic heterocycles. The second kappa shape index (κ2) is 4.31. The number of aromatic nitrogens is 2. The summed E-state index contributed by atoms with van der Waals surface area (Å²) in [4.78, 5) is 19.7. The quantitative estimate of drug-likeness (QED) is 0.410. The standard InChI is InChI=1S/C11H10BrIN2O2/c1-11(2,3)10-14-6-7(17-10)5(4-16)9(13)15-8(6)12/h4H,1-3H3. The van der Waals surface area contributed by atoms with E-state index in [1.165, 1.54) is 0 Å². The van der Waals surface area contributed by atoms with Gasteiger partial charge in [-0.15, -0.1) is 0 Å². The van der Waals surface area contributed by atoms with Crippen molar-refractivity contribution in [2.45, 2.75) is 26.2 Å². The second-order valence-electron chi connectivity index (χ2n) is 4.67. The summed E-state index contributed by atoms with van der Waals surface area (Å²) in [5.41, 5.74) is 1.34. The van der Waals surface area contributed by atoms with E-state index in [2.05, 4.69) is 25.9 Å². The minimum atomic E-state index is -0.204. The van der Waals surface area contributed by atoms with Crippen LogP contribution in [0.4, 0.5) is 0 Å². The fourth-order valence-corrected chi connectivity index (χ4v) is 2.75. The number of fused-ring (bicyclic) bond motifs is 1. The van der Waals surface area contributed by atoms with Gasteiger partial charge >= 0.3 is 0 Å². The van der Waals surface area contributed by atoms with Crippen LogP contribution in [0.25, 0.3) is 11.1 Å². The lowest BCUT2D eigenvalue weighted by Gasteiger charge is -2.11. The first-order chi connectivity index (χ1) is 7.84. The lowest BCUT2D eigenvalue weighted by Crippen LogP contribution is -2.11. The topological polar surface area (TPSA) is 56.0 Å². The Morgan fingerprint density at radius 2 is 2.00 bits per heavy atom. The molecule has 4 nitrogen and oxygen atoms in total. The number of pyridine rings is 1. The van der Waals surface area contributed by atoms with E-state index in [-0.39, 0.29) is 5.41 Å². The van der Waals surface area contributed by atoms with Gasteiger partial charge in [0.1, 0.15) is 13.8 Å². The molecule has 0 unspecified atom stereocenters. The Kier molecular flexibility index (Phi) is 3.28. The Labute approximate surface area is 120 Å². The molecule has 0 radical (unpaired) electrons. The number of carbonyl (C=O) groups excluding carboxylic acids is 1. The number of oxazole rings is 1. The van der Waals surface area contributed by atoms with Crippen molar-refractivity contribution in [2.75, 3.05) is 0 Å². The molecule has 0 saturated heterocycles. The maximum Gasteiger partial charge on any atom is 0.200 e. The van der Waals surface area contributed by atoms with Gasteiger partial charge in [0, 0.05) is 5.41 Å². The molecule has 0 aliphatic rings. The molecule has 17 heavy (non-hydrogen) atoms. The Hall–Kier alpha value is -0.500. The summed E-state index contributed by atoms with van der Waals surface area (Å²) in [5, 5.41) is 0. The molecule has 0 saturated carbocycles. The molecule has 6 heteroatoms. The first-order valence-corrected chi connectivity index (χ1v) is 6.83. The summed E-state index contributed by atoms with van der Waals surface area (Å²) >= 11 is 5.34. The Balaban J connectivity index is 2.84. The van der Waals surface area contributed by atoms with E-state index < -0.39 is 0 Å². The van der Waals surface area contributed by atoms with Gasteiger partial charge in [0.2, 0.25) is 5.89 Å². The van der Waals surface area contributed by atoms with Gasteiger partial charge in [-0.05, 0) is 38.5 Å². The van der Waals surface area contributed by atoms with Crippen molar-refractivity contribution in [1.29, 1.82) is 0 Å². The highest BCUT2D eigenvalue weighted by molar-refractivity contribution is 14.1. The summed E-state index contributed by atoms with van der Waals surface area (Å²) in [6, 6.07) is 0. The molecule has 0 fully saturated rings. The summed E-state index contributed by atoms with van der Waals surface area (Å²) in [6.45, 7) is 6.01. The Morgan fingerprint density at radius 3 is 2.53 bits per heavy atom. The number of carbonyl (C=O) groups is 1. The first-order valence-electron chi connectivity index (χ1n) is 4.96. The molecular weight excluding hydrogens is 399 g/mol. The maximum atomic E-state index is 11.1. The van der Waals surface area contributed by atoms with Crippen LogP contribution in [0.15, 0.2) is 9.02 Å². The zero-order valence-electron chi connectivity index (χ0n) is 9.54. The van der Waals surface area contributed by atoms with E-state index in [0.717, 1.165) is 6.29 Å². The van der Waals surface area contributed by atoms with E-state index >= 15 is 0 Å². The molecule has 0 N–H and O–H groups in total. The second-order valence-corrected chi connectivity index (χ2v) is 6.44. The Morgan fingerprint density at radius 1 is 1.35 bits per heavy atom. The highest BCUT2D eigenvalue weighted by Gasteiger charge is 2.24. The van der Waals surface area contributed by atoms with Gasteiger partial charge in [0.15, 0.2) is 11.9 Å². The number of aldehydes is 1. The van der Waals surface area contributed by atoms with Crippen LogP contribution in [0.5, 0.6) is 0 Å². The third kappa shape index (κ3) is 2.24. The van der Waals surface area contributed by atoms with Gasteiger partial charge < -0.3 is 4.42 Å². The van der Waals surface area contributed by atoms with Crippen LogP contribution in [-0.2, 0) is 5.41 Å². The fraction of sp³-hybridized carbons (Fsp3) is 0.364. The smallest absolute Gasteiger partial charge is 0.200 e. The summed E-state index contributed by atoms with van der Waals surface area (Å²) in [6.07, 6.45) is 0.751. The molecule has 90 valence electrons. The number of rotatable bonds is 1. The maximum absolute atomic E-state index is 11.1. The molecule has 0 aliphatic carbocycles. The molecule has 0 spiro atoms. The lowest BCUT2D eigenvalue weighted by atomic mass is 9.97. The van der Waals surface area contributed by atoms with E-state index in [1.807, 2.05) is 43.4 Å². The molecule has 0 atom stereocenters. The van der Waals surface area contributed by atoms with Crippen molar-refractivity contribution in [3.63, 3.8) is 0 Å². The van der Waals surface area contributed by atoms with E-state index in [9.17, 15) is 4.79 Å². The molecule has 0 aliphatic heterocycles. The predicted octanol–water partition coefficient (Wildman–Crippen LogP) is 3.70. The van der Waals surface area contributed by atoms with Crippen LogP contribution in [0.2, 0.25) is 0 Å². The predicted molar refractivity (Wildman–Crippen MR) is 76.3 cm³/mol. The highest BCUT2D eigenvalue weighted by atomic mass is 127. The number of hydrogen-bond donors (Lipinski definition) is 0. The molecule has 2 rings (SSSR count). The zero-order chi connectivity index (χ0) is 12.8. The van der Waals surface area contributed by atoms with Crippen molar-refractivity contribution in [3.8, 4) is 0 Å². The zero-order valence-corrected chi connectivity index (χ0v) is 13.3. The van der Waals surface area contributed by atoms with E-state index in [4.69, 9.17) is 4.42 Å². The highest BCUT2D eigenvalue weighted by Crippen LogP contribution is 2.31. The van der Waals surface area contributed by atoms with Gasteiger partial charge in [-0.25, -0.2) is 9.97 Å². The Bertz CT molecular complexity index is 602. The van der Waals surface area contributed by atoms with Crippen LogP contribution < -0.4 is 0 Å². The van der Waals surface area contributed by atoms with Crippen LogP contribution in [-0.4, -0.2) is 16.3 Å². The van der Waals surface area contributed by atoms with Crippen LogP contribution in [0.1, 0.15) is 37.0 Å². The summed E-state index contributed by atoms with van der Waals surface area (Å²) in [5.74, 6) is 0.597. The third-order valence-electron chi connectivity index (χ3n) is 2.25. The molecular formula is C11H10BrIN2O2. The SMILES string of the molecule is CC(C)(C)c1nc2c(Br)nc(I)c(C=O)c2o1.